The lowest BCUT2D eigenvalue weighted by Crippen LogP contribution is -2.37. The van der Waals surface area contributed by atoms with Crippen LogP contribution >= 0.6 is 0 Å². The van der Waals surface area contributed by atoms with Gasteiger partial charge in [-0.1, -0.05) is 24.9 Å². The predicted octanol–water partition coefficient (Wildman–Crippen LogP) is 1.76. The molecule has 0 aliphatic carbocycles. The first-order valence-electron chi connectivity index (χ1n) is 7.00. The van der Waals surface area contributed by atoms with E-state index in [1.807, 2.05) is 0 Å². The molecule has 1 aliphatic heterocycles. The summed E-state index contributed by atoms with van der Waals surface area (Å²) in [6, 6.07) is 0.251. The number of aliphatic hydroxyl groups excluding tert-OH is 1. The topological polar surface area (TPSA) is 62.4 Å². The van der Waals surface area contributed by atoms with Crippen molar-refractivity contribution >= 4 is 0 Å². The summed E-state index contributed by atoms with van der Waals surface area (Å²) in [5, 5.41) is 13.5. The van der Waals surface area contributed by atoms with Gasteiger partial charge in [-0.15, -0.1) is 0 Å². The summed E-state index contributed by atoms with van der Waals surface area (Å²) >= 11 is 0. The molecule has 0 radical (unpaired) electrons. The van der Waals surface area contributed by atoms with Gasteiger partial charge in [0.25, 0.3) is 0 Å². The van der Waals surface area contributed by atoms with Gasteiger partial charge >= 0.3 is 0 Å². The first-order chi connectivity index (χ1) is 8.83. The van der Waals surface area contributed by atoms with Crippen LogP contribution in [0.3, 0.4) is 0 Å². The summed E-state index contributed by atoms with van der Waals surface area (Å²) < 4.78 is 5.20. The van der Waals surface area contributed by atoms with Crippen LogP contribution in [-0.4, -0.2) is 39.3 Å². The van der Waals surface area contributed by atoms with Crippen LogP contribution in [0, 0.1) is 0 Å². The van der Waals surface area contributed by atoms with Crippen molar-refractivity contribution in [3.05, 3.63) is 11.7 Å². The summed E-state index contributed by atoms with van der Waals surface area (Å²) in [5.41, 5.74) is 0. The Labute approximate surface area is 108 Å². The molecule has 1 N–H and O–H groups in total. The van der Waals surface area contributed by atoms with Crippen molar-refractivity contribution in [1.29, 1.82) is 0 Å². The molecule has 2 heterocycles. The minimum atomic E-state index is 0.222. The quantitative estimate of drug-likeness (QED) is 0.866. The fraction of sp³-hybridized carbons (Fsp3) is 0.846. The lowest BCUT2D eigenvalue weighted by Gasteiger charge is -2.26. The minimum Gasteiger partial charge on any atom is -0.395 e. The second-order valence-corrected chi connectivity index (χ2v) is 5.01. The maximum atomic E-state index is 9.45. The fourth-order valence-corrected chi connectivity index (χ4v) is 2.50. The summed E-state index contributed by atoms with van der Waals surface area (Å²) in [6.45, 7) is 4.03. The highest BCUT2D eigenvalue weighted by atomic mass is 16.5. The highest BCUT2D eigenvalue weighted by molar-refractivity contribution is 4.88. The zero-order chi connectivity index (χ0) is 12.8. The van der Waals surface area contributed by atoms with E-state index in [2.05, 4.69) is 22.0 Å². The van der Waals surface area contributed by atoms with E-state index in [4.69, 9.17) is 4.52 Å². The first-order valence-corrected chi connectivity index (χ1v) is 7.00. The standard InChI is InChI=1S/C13H23N3O2/c1-2-6-13-14-12(15-18-13)9-16-8-5-3-4-7-11(16)10-17/h11,17H,2-10H2,1H3. The molecule has 0 aromatic carbocycles. The van der Waals surface area contributed by atoms with Gasteiger partial charge in [0.05, 0.1) is 13.2 Å². The van der Waals surface area contributed by atoms with E-state index in [1.54, 1.807) is 0 Å². The van der Waals surface area contributed by atoms with E-state index in [-0.39, 0.29) is 12.6 Å². The number of nitrogens with zero attached hydrogens (tertiary/aromatic N) is 3. The molecule has 5 nitrogen and oxygen atoms in total. The van der Waals surface area contributed by atoms with Crippen LogP contribution < -0.4 is 0 Å². The molecular formula is C13H23N3O2. The average Bonchev–Trinajstić information content (AvgIpc) is 2.69. The molecule has 1 saturated heterocycles. The highest BCUT2D eigenvalue weighted by Gasteiger charge is 2.22. The Balaban J connectivity index is 1.96. The SMILES string of the molecule is CCCc1nc(CN2CCCCCC2CO)no1. The summed E-state index contributed by atoms with van der Waals surface area (Å²) in [4.78, 5) is 6.68. The van der Waals surface area contributed by atoms with Crippen LogP contribution in [0.15, 0.2) is 4.52 Å². The average molecular weight is 253 g/mol. The maximum absolute atomic E-state index is 9.45. The first kappa shape index (κ1) is 13.5. The van der Waals surface area contributed by atoms with Crippen LogP contribution in [0.1, 0.15) is 50.7 Å². The van der Waals surface area contributed by atoms with Gasteiger partial charge in [0.1, 0.15) is 0 Å². The summed E-state index contributed by atoms with van der Waals surface area (Å²) in [5.74, 6) is 1.47. The molecule has 1 atom stereocenters. The van der Waals surface area contributed by atoms with E-state index in [9.17, 15) is 5.11 Å². The van der Waals surface area contributed by atoms with Gasteiger partial charge in [0.15, 0.2) is 5.82 Å². The van der Waals surface area contributed by atoms with Gasteiger partial charge in [-0.2, -0.15) is 4.98 Å². The zero-order valence-electron chi connectivity index (χ0n) is 11.1. The molecule has 1 aromatic heterocycles. The Kier molecular flexibility index (Phi) is 5.13. The highest BCUT2D eigenvalue weighted by Crippen LogP contribution is 2.18. The van der Waals surface area contributed by atoms with E-state index in [0.717, 1.165) is 37.5 Å². The Bertz CT molecular complexity index is 354. The third kappa shape index (κ3) is 3.53. The van der Waals surface area contributed by atoms with Crippen LogP contribution in [0.4, 0.5) is 0 Å². The van der Waals surface area contributed by atoms with Crippen molar-refractivity contribution in [3.63, 3.8) is 0 Å². The number of hydrogen-bond donors (Lipinski definition) is 1. The third-order valence-electron chi connectivity index (χ3n) is 3.53. The van der Waals surface area contributed by atoms with Gasteiger partial charge in [-0.25, -0.2) is 0 Å². The van der Waals surface area contributed by atoms with Gasteiger partial charge in [-0.05, 0) is 25.8 Å². The normalized spacial score (nSPS) is 22.0. The molecule has 1 aromatic rings. The molecule has 102 valence electrons. The van der Waals surface area contributed by atoms with Crippen molar-refractivity contribution < 1.29 is 9.63 Å². The van der Waals surface area contributed by atoms with Crippen molar-refractivity contribution in [2.75, 3.05) is 13.2 Å². The molecule has 0 saturated carbocycles. The van der Waals surface area contributed by atoms with Crippen molar-refractivity contribution in [2.24, 2.45) is 0 Å². The monoisotopic (exact) mass is 253 g/mol. The van der Waals surface area contributed by atoms with Crippen LogP contribution in [0.5, 0.6) is 0 Å². The minimum absolute atomic E-state index is 0.222. The van der Waals surface area contributed by atoms with Crippen molar-refractivity contribution in [3.8, 4) is 0 Å². The Hall–Kier alpha value is -0.940. The van der Waals surface area contributed by atoms with E-state index >= 15 is 0 Å². The molecular weight excluding hydrogens is 230 g/mol. The van der Waals surface area contributed by atoms with Gasteiger partial charge in [0, 0.05) is 12.5 Å². The Morgan fingerprint density at radius 1 is 1.39 bits per heavy atom. The molecule has 1 fully saturated rings. The lowest BCUT2D eigenvalue weighted by molar-refractivity contribution is 0.115. The lowest BCUT2D eigenvalue weighted by atomic mass is 10.1. The third-order valence-corrected chi connectivity index (χ3v) is 3.53. The molecule has 0 amide bonds. The zero-order valence-corrected chi connectivity index (χ0v) is 11.1. The van der Waals surface area contributed by atoms with Gasteiger partial charge in [-0.3, -0.25) is 4.90 Å². The molecule has 0 spiro atoms. The second-order valence-electron chi connectivity index (χ2n) is 5.01. The Morgan fingerprint density at radius 2 is 2.28 bits per heavy atom. The van der Waals surface area contributed by atoms with Crippen molar-refractivity contribution in [2.45, 2.75) is 58.0 Å². The fourth-order valence-electron chi connectivity index (χ4n) is 2.50. The molecule has 18 heavy (non-hydrogen) atoms. The Morgan fingerprint density at radius 3 is 3.06 bits per heavy atom. The molecule has 1 aliphatic rings. The molecule has 1 unspecified atom stereocenters. The maximum Gasteiger partial charge on any atom is 0.226 e. The van der Waals surface area contributed by atoms with Crippen LogP contribution in [-0.2, 0) is 13.0 Å². The van der Waals surface area contributed by atoms with E-state index in [0.29, 0.717) is 6.54 Å². The van der Waals surface area contributed by atoms with Crippen LogP contribution in [0.25, 0.3) is 0 Å². The number of hydrogen-bond acceptors (Lipinski definition) is 5. The second kappa shape index (κ2) is 6.85. The van der Waals surface area contributed by atoms with Gasteiger partial charge in [0.2, 0.25) is 5.89 Å². The number of aliphatic hydroxyl groups is 1. The number of rotatable bonds is 5. The number of aryl methyl sites for hydroxylation is 1. The molecule has 5 heteroatoms. The van der Waals surface area contributed by atoms with Crippen LogP contribution in [0.2, 0.25) is 0 Å². The van der Waals surface area contributed by atoms with E-state index in [1.165, 1.54) is 19.3 Å². The van der Waals surface area contributed by atoms with Crippen molar-refractivity contribution in [1.82, 2.24) is 15.0 Å². The number of aromatic nitrogens is 2. The number of likely N-dealkylation sites (tertiary alicyclic amines) is 1. The largest absolute Gasteiger partial charge is 0.395 e. The van der Waals surface area contributed by atoms with Gasteiger partial charge < -0.3 is 9.63 Å². The molecule has 2 rings (SSSR count). The summed E-state index contributed by atoms with van der Waals surface area (Å²) in [6.07, 6.45) is 6.57. The molecule has 0 bridgehead atoms. The summed E-state index contributed by atoms with van der Waals surface area (Å²) in [7, 11) is 0. The smallest absolute Gasteiger partial charge is 0.226 e. The van der Waals surface area contributed by atoms with E-state index < -0.39 is 0 Å². The predicted molar refractivity (Wildman–Crippen MR) is 68.0 cm³/mol.